The Hall–Kier alpha value is -1.81. The van der Waals surface area contributed by atoms with Gasteiger partial charge in [0.15, 0.2) is 0 Å². The molecule has 22 heavy (non-hydrogen) atoms. The first kappa shape index (κ1) is 16.6. The first-order valence-electron chi connectivity index (χ1n) is 7.43. The van der Waals surface area contributed by atoms with Crippen LogP contribution in [0.5, 0.6) is 5.75 Å². The third-order valence-electron chi connectivity index (χ3n) is 3.42. The van der Waals surface area contributed by atoms with Crippen molar-refractivity contribution in [1.29, 1.82) is 0 Å². The molecule has 1 amide bonds. The zero-order valence-corrected chi connectivity index (χ0v) is 14.0. The van der Waals surface area contributed by atoms with E-state index in [1.165, 1.54) is 5.56 Å². The van der Waals surface area contributed by atoms with Crippen molar-refractivity contribution >= 4 is 21.8 Å². The molecule has 2 aromatic carbocycles. The molecular weight excluding hydrogens is 342 g/mol. The molecule has 2 aromatic rings. The van der Waals surface area contributed by atoms with Crippen molar-refractivity contribution in [1.82, 2.24) is 0 Å². The molecule has 0 aromatic heterocycles. The number of halogens is 1. The number of primary amides is 1. The Kier molecular flexibility index (Phi) is 6.46. The Labute approximate surface area is 139 Å². The first-order chi connectivity index (χ1) is 10.7. The van der Waals surface area contributed by atoms with Crippen LogP contribution in [0, 0.1) is 0 Å². The van der Waals surface area contributed by atoms with E-state index >= 15 is 0 Å². The minimum atomic E-state index is -0.472. The molecule has 116 valence electrons. The summed E-state index contributed by atoms with van der Waals surface area (Å²) in [6.07, 6.45) is 4.28. The smallest absolute Gasteiger partial charge is 0.252 e. The molecule has 3 nitrogen and oxygen atoms in total. The molecule has 0 radical (unpaired) electrons. The third kappa shape index (κ3) is 5.19. The molecule has 0 spiro atoms. The van der Waals surface area contributed by atoms with E-state index in [1.807, 2.05) is 12.1 Å². The molecule has 0 aliphatic rings. The van der Waals surface area contributed by atoms with Crippen LogP contribution in [-0.4, -0.2) is 12.5 Å². The second-order valence-electron chi connectivity index (χ2n) is 5.15. The van der Waals surface area contributed by atoms with E-state index in [9.17, 15) is 4.79 Å². The summed E-state index contributed by atoms with van der Waals surface area (Å²) in [6, 6.07) is 15.8. The van der Waals surface area contributed by atoms with E-state index in [1.54, 1.807) is 12.1 Å². The number of nitrogens with two attached hydrogens (primary N) is 1. The Balaban J connectivity index is 1.72. The number of rotatable bonds is 8. The maximum Gasteiger partial charge on any atom is 0.252 e. The van der Waals surface area contributed by atoms with Crippen LogP contribution in [0.2, 0.25) is 0 Å². The van der Waals surface area contributed by atoms with E-state index in [2.05, 4.69) is 40.2 Å². The SMILES string of the molecule is NC(=O)c1cc(Br)ccc1OCCCCCc1ccccc1. The molecule has 2 rings (SSSR count). The molecule has 0 atom stereocenters. The summed E-state index contributed by atoms with van der Waals surface area (Å²) in [4.78, 5) is 11.4. The molecule has 0 fully saturated rings. The number of carbonyl (C=O) groups excluding carboxylic acids is 1. The summed E-state index contributed by atoms with van der Waals surface area (Å²) >= 11 is 3.33. The van der Waals surface area contributed by atoms with Crippen LogP contribution in [0.15, 0.2) is 53.0 Å². The molecule has 4 heteroatoms. The van der Waals surface area contributed by atoms with Crippen molar-refractivity contribution in [3.05, 3.63) is 64.1 Å². The summed E-state index contributed by atoms with van der Waals surface area (Å²) in [5, 5.41) is 0. The second kappa shape index (κ2) is 8.59. The Morgan fingerprint density at radius 2 is 1.82 bits per heavy atom. The van der Waals surface area contributed by atoms with Crippen LogP contribution >= 0.6 is 15.9 Å². The molecule has 0 saturated heterocycles. The highest BCUT2D eigenvalue weighted by Gasteiger charge is 2.09. The van der Waals surface area contributed by atoms with Gasteiger partial charge in [-0.05, 0) is 49.4 Å². The molecule has 0 aliphatic carbocycles. The quantitative estimate of drug-likeness (QED) is 0.711. The molecule has 0 saturated carbocycles. The minimum Gasteiger partial charge on any atom is -0.493 e. The highest BCUT2D eigenvalue weighted by atomic mass is 79.9. The van der Waals surface area contributed by atoms with Crippen LogP contribution in [0.1, 0.15) is 35.2 Å². The van der Waals surface area contributed by atoms with Crippen LogP contribution in [0.4, 0.5) is 0 Å². The monoisotopic (exact) mass is 361 g/mol. The van der Waals surface area contributed by atoms with Crippen molar-refractivity contribution in [2.24, 2.45) is 5.73 Å². The highest BCUT2D eigenvalue weighted by Crippen LogP contribution is 2.23. The predicted octanol–water partition coefficient (Wildman–Crippen LogP) is 4.34. The number of amides is 1. The minimum absolute atomic E-state index is 0.415. The second-order valence-corrected chi connectivity index (χ2v) is 6.07. The fraction of sp³-hybridized carbons (Fsp3) is 0.278. The van der Waals surface area contributed by atoms with Gasteiger partial charge in [0.25, 0.3) is 5.91 Å². The molecule has 0 unspecified atom stereocenters. The number of ether oxygens (including phenoxy) is 1. The number of carbonyl (C=O) groups is 1. The standard InChI is InChI=1S/C18H20BrNO2/c19-15-10-11-17(16(13-15)18(20)21)22-12-6-2-5-9-14-7-3-1-4-8-14/h1,3-4,7-8,10-11,13H,2,5-6,9,12H2,(H2,20,21). The topological polar surface area (TPSA) is 52.3 Å². The number of hydrogen-bond acceptors (Lipinski definition) is 2. The van der Waals surface area contributed by atoms with Gasteiger partial charge < -0.3 is 10.5 Å². The number of hydrogen-bond donors (Lipinski definition) is 1. The van der Waals surface area contributed by atoms with Gasteiger partial charge in [-0.2, -0.15) is 0 Å². The Morgan fingerprint density at radius 3 is 2.55 bits per heavy atom. The van der Waals surface area contributed by atoms with Crippen LogP contribution in [-0.2, 0) is 6.42 Å². The van der Waals surface area contributed by atoms with Crippen molar-refractivity contribution < 1.29 is 9.53 Å². The van der Waals surface area contributed by atoms with Gasteiger partial charge in [-0.1, -0.05) is 46.3 Å². The maximum atomic E-state index is 11.4. The predicted molar refractivity (Wildman–Crippen MR) is 92.2 cm³/mol. The lowest BCUT2D eigenvalue weighted by molar-refractivity contribution is 0.0996. The summed E-state index contributed by atoms with van der Waals surface area (Å²) in [5.74, 6) is 0.0825. The maximum absolute atomic E-state index is 11.4. The number of benzene rings is 2. The Bertz CT molecular complexity index is 614. The van der Waals surface area contributed by atoms with Gasteiger partial charge in [-0.25, -0.2) is 0 Å². The van der Waals surface area contributed by atoms with Gasteiger partial charge in [0.2, 0.25) is 0 Å². The zero-order chi connectivity index (χ0) is 15.8. The van der Waals surface area contributed by atoms with Crippen LogP contribution in [0.25, 0.3) is 0 Å². The summed E-state index contributed by atoms with van der Waals surface area (Å²) in [5.41, 5.74) is 7.14. The number of unbranched alkanes of at least 4 members (excludes halogenated alkanes) is 2. The average molecular weight is 362 g/mol. The highest BCUT2D eigenvalue weighted by molar-refractivity contribution is 9.10. The van der Waals surface area contributed by atoms with E-state index in [4.69, 9.17) is 10.5 Å². The lowest BCUT2D eigenvalue weighted by atomic mass is 10.1. The normalized spacial score (nSPS) is 10.4. The molecule has 0 aliphatic heterocycles. The van der Waals surface area contributed by atoms with Gasteiger partial charge in [-0.3, -0.25) is 4.79 Å². The van der Waals surface area contributed by atoms with E-state index in [-0.39, 0.29) is 0 Å². The third-order valence-corrected chi connectivity index (χ3v) is 3.91. The summed E-state index contributed by atoms with van der Waals surface area (Å²) in [7, 11) is 0. The largest absolute Gasteiger partial charge is 0.493 e. The zero-order valence-electron chi connectivity index (χ0n) is 12.4. The van der Waals surface area contributed by atoms with E-state index in [0.717, 1.165) is 30.2 Å². The first-order valence-corrected chi connectivity index (χ1v) is 8.22. The molecule has 0 bridgehead atoms. The van der Waals surface area contributed by atoms with Crippen molar-refractivity contribution in [2.75, 3.05) is 6.61 Å². The summed E-state index contributed by atoms with van der Waals surface area (Å²) < 4.78 is 6.50. The fourth-order valence-corrected chi connectivity index (χ4v) is 2.62. The lowest BCUT2D eigenvalue weighted by Gasteiger charge is -2.10. The van der Waals surface area contributed by atoms with Crippen LogP contribution in [0.3, 0.4) is 0 Å². The van der Waals surface area contributed by atoms with Gasteiger partial charge in [-0.15, -0.1) is 0 Å². The fourth-order valence-electron chi connectivity index (χ4n) is 2.26. The van der Waals surface area contributed by atoms with Crippen molar-refractivity contribution in [2.45, 2.75) is 25.7 Å². The van der Waals surface area contributed by atoms with Crippen molar-refractivity contribution in [3.63, 3.8) is 0 Å². The van der Waals surface area contributed by atoms with Gasteiger partial charge >= 0.3 is 0 Å². The summed E-state index contributed by atoms with van der Waals surface area (Å²) in [6.45, 7) is 0.594. The van der Waals surface area contributed by atoms with Crippen LogP contribution < -0.4 is 10.5 Å². The van der Waals surface area contributed by atoms with E-state index < -0.39 is 5.91 Å². The number of aryl methyl sites for hydroxylation is 1. The molecular formula is C18H20BrNO2. The Morgan fingerprint density at radius 1 is 1.05 bits per heavy atom. The van der Waals surface area contributed by atoms with Gasteiger partial charge in [0, 0.05) is 4.47 Å². The van der Waals surface area contributed by atoms with E-state index in [0.29, 0.717) is 17.9 Å². The molecule has 0 heterocycles. The average Bonchev–Trinajstić information content (AvgIpc) is 2.52. The molecule has 2 N–H and O–H groups in total. The lowest BCUT2D eigenvalue weighted by Crippen LogP contribution is -2.13. The van der Waals surface area contributed by atoms with Crippen molar-refractivity contribution in [3.8, 4) is 5.75 Å². The van der Waals surface area contributed by atoms with Gasteiger partial charge in [0.05, 0.1) is 12.2 Å². The van der Waals surface area contributed by atoms with Gasteiger partial charge in [0.1, 0.15) is 5.75 Å².